The molecule has 0 bridgehead atoms. The van der Waals surface area contributed by atoms with Gasteiger partial charge in [0.15, 0.2) is 0 Å². The van der Waals surface area contributed by atoms with Crippen LogP contribution in [-0.2, 0) is 10.8 Å². The van der Waals surface area contributed by atoms with Gasteiger partial charge < -0.3 is 15.0 Å². The van der Waals surface area contributed by atoms with Crippen LogP contribution in [0.25, 0.3) is 21.5 Å². The molecule has 0 saturated heterocycles. The highest BCUT2D eigenvalue weighted by Crippen LogP contribution is 2.47. The zero-order chi connectivity index (χ0) is 40.2. The molecule has 0 amide bonds. The highest BCUT2D eigenvalue weighted by Gasteiger charge is 2.52. The molecule has 0 spiro atoms. The second-order valence-electron chi connectivity index (χ2n) is 18.1. The van der Waals surface area contributed by atoms with Crippen LogP contribution in [0.1, 0.15) is 138 Å². The minimum Gasteiger partial charge on any atom is -0.545 e. The molecule has 2 aliphatic carbocycles. The van der Waals surface area contributed by atoms with Crippen LogP contribution < -0.4 is 14.9 Å². The van der Waals surface area contributed by atoms with E-state index in [2.05, 4.69) is 84.0 Å². The lowest BCUT2D eigenvalue weighted by molar-refractivity contribution is -0.852. The Hall–Kier alpha value is -4.78. The summed E-state index contributed by atoms with van der Waals surface area (Å²) in [7, 11) is 0. The number of benzene rings is 4. The number of allylic oxidation sites excluding steroid dienone is 7. The zero-order valence-corrected chi connectivity index (χ0v) is 34.7. The molecule has 2 aliphatic heterocycles. The number of carbonyl (C=O) groups excluding carboxylic acids is 1. The molecule has 3 atom stereocenters. The van der Waals surface area contributed by atoms with Gasteiger partial charge in [0, 0.05) is 34.4 Å². The van der Waals surface area contributed by atoms with Crippen molar-refractivity contribution in [3.05, 3.63) is 129 Å². The summed E-state index contributed by atoms with van der Waals surface area (Å²) in [5.41, 5.74) is 12.5. The number of hydrogen-bond acceptors (Lipinski definition) is 3. The van der Waals surface area contributed by atoms with E-state index in [9.17, 15) is 19.8 Å². The molecule has 3 N–H and O–H groups in total. The normalized spacial score (nSPS) is 24.4. The Labute approximate surface area is 338 Å². The Morgan fingerprint density at radius 2 is 1.40 bits per heavy atom. The molecule has 8 rings (SSSR count). The summed E-state index contributed by atoms with van der Waals surface area (Å²) in [5.74, 6) is -2.00. The smallest absolute Gasteiger partial charge is 0.336 e. The van der Waals surface area contributed by atoms with Crippen LogP contribution in [0.2, 0.25) is 0 Å². The van der Waals surface area contributed by atoms with Gasteiger partial charge in [-0.1, -0.05) is 75.2 Å². The summed E-state index contributed by atoms with van der Waals surface area (Å²) >= 11 is 0. The summed E-state index contributed by atoms with van der Waals surface area (Å²) < 4.78 is 0. The molecule has 3 unspecified atom stereocenters. The maximum Gasteiger partial charge on any atom is 0.336 e. The number of carbonyl (C=O) groups is 2. The van der Waals surface area contributed by atoms with Crippen LogP contribution in [0.5, 0.6) is 0 Å². The van der Waals surface area contributed by atoms with E-state index in [1.807, 2.05) is 24.3 Å². The van der Waals surface area contributed by atoms with Crippen LogP contribution in [-0.4, -0.2) is 36.2 Å². The molecule has 57 heavy (non-hydrogen) atoms. The first kappa shape index (κ1) is 39.1. The lowest BCUT2D eigenvalue weighted by Crippen LogP contribution is -3.11. The van der Waals surface area contributed by atoms with E-state index in [1.54, 1.807) is 12.1 Å². The minimum absolute atomic E-state index is 0.176. The van der Waals surface area contributed by atoms with Gasteiger partial charge in [0.2, 0.25) is 0 Å². The van der Waals surface area contributed by atoms with E-state index < -0.39 is 11.9 Å². The minimum atomic E-state index is -1.13. The number of rotatable bonds is 10. The van der Waals surface area contributed by atoms with Gasteiger partial charge in [-0.25, -0.2) is 4.79 Å². The van der Waals surface area contributed by atoms with Gasteiger partial charge in [0.25, 0.3) is 0 Å². The fourth-order valence-electron chi connectivity index (χ4n) is 11.5. The van der Waals surface area contributed by atoms with E-state index in [1.165, 1.54) is 60.3 Å². The number of carboxylic acids is 2. The van der Waals surface area contributed by atoms with Crippen molar-refractivity contribution in [3.8, 4) is 0 Å². The molecule has 4 aromatic carbocycles. The molecule has 2 heterocycles. The van der Waals surface area contributed by atoms with Gasteiger partial charge in [-0.3, -0.25) is 9.80 Å². The van der Waals surface area contributed by atoms with Crippen molar-refractivity contribution in [1.82, 2.24) is 0 Å². The van der Waals surface area contributed by atoms with Crippen molar-refractivity contribution in [2.75, 3.05) is 13.1 Å². The van der Waals surface area contributed by atoms with Crippen LogP contribution in [0.3, 0.4) is 0 Å². The summed E-state index contributed by atoms with van der Waals surface area (Å²) in [5, 5.41) is 25.9. The van der Waals surface area contributed by atoms with E-state index >= 15 is 0 Å². The summed E-state index contributed by atoms with van der Waals surface area (Å²) in [6.07, 6.45) is 18.5. The Morgan fingerprint density at radius 3 is 2.11 bits per heavy atom. The van der Waals surface area contributed by atoms with Crippen molar-refractivity contribution in [2.45, 2.75) is 123 Å². The van der Waals surface area contributed by atoms with Crippen molar-refractivity contribution in [2.24, 2.45) is 0 Å². The Kier molecular flexibility index (Phi) is 10.4. The fourth-order valence-corrected chi connectivity index (χ4v) is 11.5. The average molecular weight is 764 g/mol. The number of quaternary nitrogens is 2. The maximum absolute atomic E-state index is 12.3. The predicted octanol–water partition coefficient (Wildman–Crippen LogP) is 8.74. The topological polar surface area (TPSA) is 86.3 Å². The van der Waals surface area contributed by atoms with Gasteiger partial charge in [-0.15, -0.1) is 0 Å². The number of nitrogens with one attached hydrogen (secondary N) is 2. The fraction of sp³-hybridized carbons (Fsp3) is 0.412. The first-order chi connectivity index (χ1) is 27.4. The van der Waals surface area contributed by atoms with E-state index in [0.717, 1.165) is 98.8 Å². The molecule has 296 valence electrons. The second-order valence-corrected chi connectivity index (χ2v) is 18.1. The maximum atomic E-state index is 12.3. The molecule has 0 radical (unpaired) electrons. The predicted molar refractivity (Wildman–Crippen MR) is 229 cm³/mol. The Balaban J connectivity index is 1.20. The molecule has 0 saturated carbocycles. The van der Waals surface area contributed by atoms with Gasteiger partial charge in [-0.2, -0.15) is 0 Å². The number of hydrogen-bond donors (Lipinski definition) is 3. The third-order valence-electron chi connectivity index (χ3n) is 13.7. The quantitative estimate of drug-likeness (QED) is 0.151. The molecular formula is C51H59N2O4+. The van der Waals surface area contributed by atoms with E-state index in [-0.39, 0.29) is 22.4 Å². The van der Waals surface area contributed by atoms with Gasteiger partial charge in [-0.05, 0) is 136 Å². The molecule has 0 aromatic heterocycles. The molecule has 0 fully saturated rings. The lowest BCUT2D eigenvalue weighted by atomic mass is 9.73. The van der Waals surface area contributed by atoms with E-state index in [4.69, 9.17) is 0 Å². The van der Waals surface area contributed by atoms with Crippen LogP contribution >= 0.6 is 0 Å². The Morgan fingerprint density at radius 1 is 0.754 bits per heavy atom. The number of fused-ring (bicyclic) bond motifs is 6. The van der Waals surface area contributed by atoms with Gasteiger partial charge >= 0.3 is 5.97 Å². The van der Waals surface area contributed by atoms with Crippen molar-refractivity contribution >= 4 is 44.9 Å². The summed E-state index contributed by atoms with van der Waals surface area (Å²) in [6, 6.07) is 20.1. The second kappa shape index (κ2) is 15.2. The first-order valence-corrected chi connectivity index (χ1v) is 21.5. The number of aromatic carboxylic acids is 2. The van der Waals surface area contributed by atoms with Gasteiger partial charge in [0.1, 0.15) is 23.1 Å². The van der Waals surface area contributed by atoms with Crippen molar-refractivity contribution < 1.29 is 29.6 Å². The summed E-state index contributed by atoms with van der Waals surface area (Å²) in [6.45, 7) is 16.0. The summed E-state index contributed by atoms with van der Waals surface area (Å²) in [4.78, 5) is 27.4. The number of unbranched alkanes of at least 4 members (excludes halogenated alkanes) is 2. The standard InChI is InChI=1S/C51H58N2O4/c1-7-9-27-52-42-25-23-36-38(19-13-21-40(36)48(54)55)44(42)50(3,4)46(52)34-17-11-15-32(30-34)29-33-16-12-18-35(31-33)47-51(5,6)45-39-20-14-22-41(49(56)57)37(39)24-26-43(45)53(47)28-10-8-2/h13-14,19-26,29-31,46H,7-12,15-18,27-28H2,1-6H3,(H,54,55)(H,56,57)/p+1/b32-29+,47-35+. The first-order valence-electron chi connectivity index (χ1n) is 21.5. The zero-order valence-electron chi connectivity index (χ0n) is 34.7. The third kappa shape index (κ3) is 6.59. The molecule has 6 heteroatoms. The SMILES string of the molecule is CCCC[NH+]1/C(=C2C=C(/C=C3/C=C(C4[NH+](CCCC)c5ccc6c(C(=O)O)cccc6c5C4(C)C)CCC3)CCC/2)C(C)(C)c2c1ccc1c(C(=O)[O-])cccc21. The van der Waals surface area contributed by atoms with Crippen LogP contribution in [0.4, 0.5) is 11.4 Å². The van der Waals surface area contributed by atoms with E-state index in [0.29, 0.717) is 5.56 Å². The third-order valence-corrected chi connectivity index (χ3v) is 13.7. The lowest BCUT2D eigenvalue weighted by Gasteiger charge is -2.34. The molecular weight excluding hydrogens is 705 g/mol. The van der Waals surface area contributed by atoms with Crippen molar-refractivity contribution in [1.29, 1.82) is 0 Å². The number of carboxylic acid groups (broad SMARTS) is 2. The monoisotopic (exact) mass is 763 g/mol. The van der Waals surface area contributed by atoms with Gasteiger partial charge in [0.05, 0.1) is 35.5 Å². The highest BCUT2D eigenvalue weighted by molar-refractivity contribution is 6.06. The molecule has 6 nitrogen and oxygen atoms in total. The Bertz CT molecular complexity index is 2420. The average Bonchev–Trinajstić information content (AvgIpc) is 3.57. The van der Waals surface area contributed by atoms with Crippen molar-refractivity contribution in [3.63, 3.8) is 0 Å². The van der Waals surface area contributed by atoms with Crippen LogP contribution in [0.15, 0.2) is 107 Å². The molecule has 4 aliphatic rings. The van der Waals surface area contributed by atoms with Crippen LogP contribution in [0, 0.1) is 0 Å². The highest BCUT2D eigenvalue weighted by atomic mass is 16.4. The largest absolute Gasteiger partial charge is 0.545 e. The molecule has 4 aromatic rings.